The van der Waals surface area contributed by atoms with Crippen LogP contribution in [0.3, 0.4) is 0 Å². The monoisotopic (exact) mass is 232 g/mol. The minimum atomic E-state index is 0.763. The fourth-order valence-electron chi connectivity index (χ4n) is 1.83. The Morgan fingerprint density at radius 3 is 2.50 bits per heavy atom. The highest BCUT2D eigenvalue weighted by atomic mass is 35.5. The first kappa shape index (κ1) is 11.1. The van der Waals surface area contributed by atoms with E-state index in [1.165, 1.54) is 5.56 Å². The van der Waals surface area contributed by atoms with Crippen LogP contribution in [0.25, 0.3) is 11.4 Å². The summed E-state index contributed by atoms with van der Waals surface area (Å²) in [7, 11) is 0. The third kappa shape index (κ3) is 1.93. The summed E-state index contributed by atoms with van der Waals surface area (Å²) in [6, 6.07) is 5.71. The van der Waals surface area contributed by atoms with Crippen LogP contribution >= 0.6 is 11.6 Å². The molecule has 0 saturated heterocycles. The SMILES string of the molecule is CCc1c(-c2ncccn2)ccc(Cl)c1C. The average Bonchev–Trinajstić information content (AvgIpc) is 2.33. The number of hydrogen-bond donors (Lipinski definition) is 0. The van der Waals surface area contributed by atoms with Crippen molar-refractivity contribution in [1.29, 1.82) is 0 Å². The second-order valence-electron chi connectivity index (χ2n) is 3.62. The smallest absolute Gasteiger partial charge is 0.159 e. The second kappa shape index (κ2) is 4.62. The maximum atomic E-state index is 6.11. The molecule has 0 spiro atoms. The molecule has 82 valence electrons. The molecule has 2 rings (SSSR count). The molecule has 0 fully saturated rings. The molecule has 1 heterocycles. The van der Waals surface area contributed by atoms with Gasteiger partial charge in [-0.1, -0.05) is 18.5 Å². The number of benzene rings is 1. The summed E-state index contributed by atoms with van der Waals surface area (Å²) in [6.07, 6.45) is 4.44. The Kier molecular flexibility index (Phi) is 3.20. The standard InChI is InChI=1S/C13H13ClN2/c1-3-10-9(2)12(14)6-5-11(10)13-15-7-4-8-16-13/h4-8H,3H2,1-2H3. The molecular formula is C13H13ClN2. The molecule has 0 aliphatic heterocycles. The van der Waals surface area contributed by atoms with Crippen LogP contribution in [0.2, 0.25) is 5.02 Å². The van der Waals surface area contributed by atoms with Crippen LogP contribution < -0.4 is 0 Å². The molecule has 3 heteroatoms. The minimum Gasteiger partial charge on any atom is -0.237 e. The minimum absolute atomic E-state index is 0.763. The molecule has 0 saturated carbocycles. The molecule has 16 heavy (non-hydrogen) atoms. The normalized spacial score (nSPS) is 10.4. The van der Waals surface area contributed by atoms with Gasteiger partial charge in [0, 0.05) is 23.0 Å². The van der Waals surface area contributed by atoms with Crippen molar-refractivity contribution < 1.29 is 0 Å². The first-order valence-electron chi connectivity index (χ1n) is 5.29. The van der Waals surface area contributed by atoms with Gasteiger partial charge in [0.25, 0.3) is 0 Å². The highest BCUT2D eigenvalue weighted by Crippen LogP contribution is 2.28. The Hall–Kier alpha value is -1.41. The van der Waals surface area contributed by atoms with E-state index >= 15 is 0 Å². The topological polar surface area (TPSA) is 25.8 Å². The molecule has 1 aromatic carbocycles. The maximum absolute atomic E-state index is 6.11. The Morgan fingerprint density at radius 1 is 1.19 bits per heavy atom. The molecular weight excluding hydrogens is 220 g/mol. The van der Waals surface area contributed by atoms with E-state index in [9.17, 15) is 0 Å². The largest absolute Gasteiger partial charge is 0.237 e. The van der Waals surface area contributed by atoms with E-state index in [2.05, 4.69) is 16.9 Å². The molecule has 0 aliphatic rings. The van der Waals surface area contributed by atoms with Crippen molar-refractivity contribution in [2.45, 2.75) is 20.3 Å². The highest BCUT2D eigenvalue weighted by molar-refractivity contribution is 6.31. The third-order valence-electron chi connectivity index (χ3n) is 2.69. The lowest BCUT2D eigenvalue weighted by Gasteiger charge is -2.11. The van der Waals surface area contributed by atoms with E-state index in [0.717, 1.165) is 28.4 Å². The highest BCUT2D eigenvalue weighted by Gasteiger charge is 2.10. The molecule has 0 unspecified atom stereocenters. The first-order valence-corrected chi connectivity index (χ1v) is 5.67. The summed E-state index contributed by atoms with van der Waals surface area (Å²) in [5.41, 5.74) is 3.41. The molecule has 0 N–H and O–H groups in total. The molecule has 0 aliphatic carbocycles. The van der Waals surface area contributed by atoms with Gasteiger partial charge in [-0.05, 0) is 42.7 Å². The number of halogens is 1. The van der Waals surface area contributed by atoms with E-state index in [-0.39, 0.29) is 0 Å². The summed E-state index contributed by atoms with van der Waals surface area (Å²) in [5.74, 6) is 0.763. The molecule has 2 aromatic rings. The Labute approximate surface area is 100 Å². The number of aromatic nitrogens is 2. The van der Waals surface area contributed by atoms with Crippen molar-refractivity contribution in [1.82, 2.24) is 9.97 Å². The maximum Gasteiger partial charge on any atom is 0.159 e. The molecule has 0 amide bonds. The van der Waals surface area contributed by atoms with E-state index in [4.69, 9.17) is 11.6 Å². The van der Waals surface area contributed by atoms with Gasteiger partial charge in [-0.15, -0.1) is 0 Å². The quantitative estimate of drug-likeness (QED) is 0.790. The van der Waals surface area contributed by atoms with Crippen LogP contribution in [0.5, 0.6) is 0 Å². The van der Waals surface area contributed by atoms with Gasteiger partial charge in [0.15, 0.2) is 5.82 Å². The average molecular weight is 233 g/mol. The molecule has 0 bridgehead atoms. The zero-order chi connectivity index (χ0) is 11.5. The number of rotatable bonds is 2. The van der Waals surface area contributed by atoms with Crippen molar-refractivity contribution in [3.63, 3.8) is 0 Å². The predicted molar refractivity (Wildman–Crippen MR) is 66.6 cm³/mol. The van der Waals surface area contributed by atoms with Gasteiger partial charge >= 0.3 is 0 Å². The summed E-state index contributed by atoms with van der Waals surface area (Å²) < 4.78 is 0. The third-order valence-corrected chi connectivity index (χ3v) is 3.10. The zero-order valence-corrected chi connectivity index (χ0v) is 10.1. The Bertz CT molecular complexity index is 495. The van der Waals surface area contributed by atoms with Gasteiger partial charge < -0.3 is 0 Å². The van der Waals surface area contributed by atoms with Crippen LogP contribution in [0.15, 0.2) is 30.6 Å². The molecule has 2 nitrogen and oxygen atoms in total. The van der Waals surface area contributed by atoms with E-state index in [1.54, 1.807) is 12.4 Å². The van der Waals surface area contributed by atoms with Crippen LogP contribution in [-0.2, 0) is 6.42 Å². The van der Waals surface area contributed by atoms with Crippen molar-refractivity contribution >= 4 is 11.6 Å². The van der Waals surface area contributed by atoms with Gasteiger partial charge in [0.05, 0.1) is 0 Å². The fraction of sp³-hybridized carbons (Fsp3) is 0.231. The lowest BCUT2D eigenvalue weighted by molar-refractivity contribution is 1.09. The number of nitrogens with zero attached hydrogens (tertiary/aromatic N) is 2. The molecule has 0 radical (unpaired) electrons. The lowest BCUT2D eigenvalue weighted by Crippen LogP contribution is -1.96. The zero-order valence-electron chi connectivity index (χ0n) is 9.37. The van der Waals surface area contributed by atoms with E-state index in [1.807, 2.05) is 25.1 Å². The van der Waals surface area contributed by atoms with Crippen molar-refractivity contribution in [3.05, 3.63) is 46.7 Å². The second-order valence-corrected chi connectivity index (χ2v) is 4.03. The molecule has 1 aromatic heterocycles. The van der Waals surface area contributed by atoms with Crippen LogP contribution in [-0.4, -0.2) is 9.97 Å². The fourth-order valence-corrected chi connectivity index (χ4v) is 2.01. The van der Waals surface area contributed by atoms with Gasteiger partial charge in [-0.3, -0.25) is 0 Å². The lowest BCUT2D eigenvalue weighted by atomic mass is 9.99. The predicted octanol–water partition coefficient (Wildman–Crippen LogP) is 3.67. The molecule has 0 atom stereocenters. The van der Waals surface area contributed by atoms with E-state index < -0.39 is 0 Å². The Morgan fingerprint density at radius 2 is 1.88 bits per heavy atom. The van der Waals surface area contributed by atoms with Crippen LogP contribution in [0, 0.1) is 6.92 Å². The summed E-state index contributed by atoms with van der Waals surface area (Å²) in [4.78, 5) is 8.55. The Balaban J connectivity index is 2.62. The van der Waals surface area contributed by atoms with Gasteiger partial charge in [-0.25, -0.2) is 9.97 Å². The van der Waals surface area contributed by atoms with Gasteiger partial charge in [-0.2, -0.15) is 0 Å². The van der Waals surface area contributed by atoms with Crippen molar-refractivity contribution in [3.8, 4) is 11.4 Å². The van der Waals surface area contributed by atoms with Gasteiger partial charge in [0.2, 0.25) is 0 Å². The summed E-state index contributed by atoms with van der Waals surface area (Å²) in [5, 5.41) is 0.802. The van der Waals surface area contributed by atoms with E-state index in [0.29, 0.717) is 0 Å². The van der Waals surface area contributed by atoms with Crippen LogP contribution in [0.4, 0.5) is 0 Å². The summed E-state index contributed by atoms with van der Waals surface area (Å²) >= 11 is 6.11. The van der Waals surface area contributed by atoms with Crippen molar-refractivity contribution in [2.75, 3.05) is 0 Å². The summed E-state index contributed by atoms with van der Waals surface area (Å²) in [6.45, 7) is 4.15. The van der Waals surface area contributed by atoms with Crippen LogP contribution in [0.1, 0.15) is 18.1 Å². The number of hydrogen-bond acceptors (Lipinski definition) is 2. The van der Waals surface area contributed by atoms with Gasteiger partial charge in [0.1, 0.15) is 0 Å². The first-order chi connectivity index (χ1) is 7.74. The van der Waals surface area contributed by atoms with Crippen molar-refractivity contribution in [2.24, 2.45) is 0 Å².